The number of nitrogens with zero attached hydrogens (tertiary/aromatic N) is 2. The summed E-state index contributed by atoms with van der Waals surface area (Å²) in [6, 6.07) is 5.34. The molecule has 1 heterocycles. The van der Waals surface area contributed by atoms with Gasteiger partial charge in [-0.05, 0) is 44.9 Å². The Balaban J connectivity index is 1.97. The molecular formula is C20H33N3O3S. The van der Waals surface area contributed by atoms with E-state index in [9.17, 15) is 8.42 Å². The van der Waals surface area contributed by atoms with E-state index in [0.717, 1.165) is 63.3 Å². The van der Waals surface area contributed by atoms with E-state index in [-0.39, 0.29) is 12.1 Å². The summed E-state index contributed by atoms with van der Waals surface area (Å²) in [4.78, 5) is 2.57. The Labute approximate surface area is 163 Å². The van der Waals surface area contributed by atoms with Crippen LogP contribution < -0.4 is 15.0 Å². The molecule has 1 aliphatic heterocycles. The second-order valence-corrected chi connectivity index (χ2v) is 9.63. The first-order valence-electron chi connectivity index (χ1n) is 10.1. The highest BCUT2D eigenvalue weighted by atomic mass is 32.2. The fourth-order valence-electron chi connectivity index (χ4n) is 4.34. The van der Waals surface area contributed by atoms with Crippen LogP contribution in [0.15, 0.2) is 23.1 Å². The van der Waals surface area contributed by atoms with Crippen molar-refractivity contribution in [3.63, 3.8) is 0 Å². The van der Waals surface area contributed by atoms with Crippen LogP contribution in [0.5, 0.6) is 5.75 Å². The second kappa shape index (κ2) is 8.80. The molecule has 1 aromatic rings. The van der Waals surface area contributed by atoms with Crippen molar-refractivity contribution in [1.29, 1.82) is 0 Å². The number of benzene rings is 1. The average Bonchev–Trinajstić information content (AvgIpc) is 2.68. The summed E-state index contributed by atoms with van der Waals surface area (Å²) in [7, 11) is -1.91. The van der Waals surface area contributed by atoms with E-state index in [1.165, 1.54) is 6.42 Å². The van der Waals surface area contributed by atoms with Crippen molar-refractivity contribution >= 4 is 15.7 Å². The summed E-state index contributed by atoms with van der Waals surface area (Å²) in [6.07, 6.45) is 5.34. The standard InChI is InChI=1S/C20H33N3O3S/c1-16(2)23(17-7-5-4-6-8-17)27(24,25)18-9-10-20(26-3)19(15-18)22-13-11-21-12-14-22/h9-10,15-17,21H,4-8,11-14H2,1-3H3. The molecule has 7 heteroatoms. The molecule has 0 spiro atoms. The van der Waals surface area contributed by atoms with Gasteiger partial charge in [0, 0.05) is 38.3 Å². The van der Waals surface area contributed by atoms with Crippen LogP contribution in [0.3, 0.4) is 0 Å². The van der Waals surface area contributed by atoms with Gasteiger partial charge >= 0.3 is 0 Å². The molecule has 2 fully saturated rings. The van der Waals surface area contributed by atoms with Gasteiger partial charge in [0.2, 0.25) is 10.0 Å². The van der Waals surface area contributed by atoms with Crippen molar-refractivity contribution in [3.05, 3.63) is 18.2 Å². The Morgan fingerprint density at radius 2 is 1.81 bits per heavy atom. The molecule has 1 aromatic carbocycles. The third-order valence-corrected chi connectivity index (χ3v) is 7.75. The highest BCUT2D eigenvalue weighted by Crippen LogP contribution is 2.35. The first kappa shape index (κ1) is 20.4. The number of rotatable bonds is 6. The van der Waals surface area contributed by atoms with Gasteiger partial charge in [0.1, 0.15) is 5.75 Å². The largest absolute Gasteiger partial charge is 0.495 e. The molecule has 0 atom stereocenters. The lowest BCUT2D eigenvalue weighted by molar-refractivity contribution is 0.220. The van der Waals surface area contributed by atoms with Gasteiger partial charge in [-0.15, -0.1) is 0 Å². The van der Waals surface area contributed by atoms with Crippen LogP contribution in [0, 0.1) is 0 Å². The molecule has 6 nitrogen and oxygen atoms in total. The second-order valence-electron chi connectivity index (χ2n) is 7.79. The van der Waals surface area contributed by atoms with Gasteiger partial charge in [-0.3, -0.25) is 0 Å². The molecule has 1 saturated carbocycles. The van der Waals surface area contributed by atoms with E-state index < -0.39 is 10.0 Å². The van der Waals surface area contributed by atoms with Crippen molar-refractivity contribution in [1.82, 2.24) is 9.62 Å². The number of hydrogen-bond acceptors (Lipinski definition) is 5. The quantitative estimate of drug-likeness (QED) is 0.803. The predicted molar refractivity (Wildman–Crippen MR) is 109 cm³/mol. The number of methoxy groups -OCH3 is 1. The van der Waals surface area contributed by atoms with Gasteiger partial charge in [0.25, 0.3) is 0 Å². The van der Waals surface area contributed by atoms with Gasteiger partial charge in [-0.25, -0.2) is 8.42 Å². The summed E-state index contributed by atoms with van der Waals surface area (Å²) in [6.45, 7) is 7.42. The molecule has 1 aliphatic carbocycles. The van der Waals surface area contributed by atoms with Crippen molar-refractivity contribution in [3.8, 4) is 5.75 Å². The normalized spacial score (nSPS) is 19.7. The number of ether oxygens (including phenoxy) is 1. The molecule has 152 valence electrons. The lowest BCUT2D eigenvalue weighted by atomic mass is 9.95. The summed E-state index contributed by atoms with van der Waals surface area (Å²) in [5, 5.41) is 3.33. The fourth-order valence-corrected chi connectivity index (χ4v) is 6.24. The molecule has 0 unspecified atom stereocenters. The number of nitrogens with one attached hydrogen (secondary N) is 1. The third-order valence-electron chi connectivity index (χ3n) is 5.63. The number of piperazine rings is 1. The maximum absolute atomic E-state index is 13.6. The minimum absolute atomic E-state index is 0.0529. The van der Waals surface area contributed by atoms with Gasteiger partial charge in [0.15, 0.2) is 0 Å². The Bertz CT molecular complexity index is 724. The van der Waals surface area contributed by atoms with E-state index in [2.05, 4.69) is 10.2 Å². The van der Waals surface area contributed by atoms with Crippen LogP contribution in [0.4, 0.5) is 5.69 Å². The third kappa shape index (κ3) is 4.41. The topological polar surface area (TPSA) is 61.9 Å². The SMILES string of the molecule is COc1ccc(S(=O)(=O)N(C(C)C)C2CCCCC2)cc1N1CCNCC1. The lowest BCUT2D eigenvalue weighted by Gasteiger charge is -2.36. The smallest absolute Gasteiger partial charge is 0.243 e. The van der Waals surface area contributed by atoms with Crippen LogP contribution in [-0.4, -0.2) is 58.1 Å². The zero-order chi connectivity index (χ0) is 19.4. The molecular weight excluding hydrogens is 362 g/mol. The Hall–Kier alpha value is -1.31. The van der Waals surface area contributed by atoms with Gasteiger partial charge < -0.3 is 15.0 Å². The zero-order valence-corrected chi connectivity index (χ0v) is 17.6. The van der Waals surface area contributed by atoms with Gasteiger partial charge in [0.05, 0.1) is 17.7 Å². The predicted octanol–water partition coefficient (Wildman–Crippen LogP) is 2.84. The van der Waals surface area contributed by atoms with Crippen LogP contribution >= 0.6 is 0 Å². The summed E-state index contributed by atoms with van der Waals surface area (Å²) in [5.74, 6) is 0.726. The monoisotopic (exact) mass is 395 g/mol. The first-order chi connectivity index (χ1) is 12.9. The minimum Gasteiger partial charge on any atom is -0.495 e. The Kier molecular flexibility index (Phi) is 6.65. The molecule has 0 bridgehead atoms. The maximum atomic E-state index is 13.6. The average molecular weight is 396 g/mol. The molecule has 0 aromatic heterocycles. The lowest BCUT2D eigenvalue weighted by Crippen LogP contribution is -2.46. The maximum Gasteiger partial charge on any atom is 0.243 e. The molecule has 1 N–H and O–H groups in total. The molecule has 0 radical (unpaired) electrons. The minimum atomic E-state index is -3.55. The number of sulfonamides is 1. The van der Waals surface area contributed by atoms with Crippen LogP contribution in [0.25, 0.3) is 0 Å². The summed E-state index contributed by atoms with van der Waals surface area (Å²) in [5.41, 5.74) is 0.868. The highest BCUT2D eigenvalue weighted by molar-refractivity contribution is 7.89. The first-order valence-corrected chi connectivity index (χ1v) is 11.6. The number of anilines is 1. The van der Waals surface area contributed by atoms with Crippen molar-refractivity contribution < 1.29 is 13.2 Å². The summed E-state index contributed by atoms with van der Waals surface area (Å²) >= 11 is 0. The molecule has 1 saturated heterocycles. The van der Waals surface area contributed by atoms with Gasteiger partial charge in [-0.1, -0.05) is 19.3 Å². The van der Waals surface area contributed by atoms with Crippen LogP contribution in [0.2, 0.25) is 0 Å². The highest BCUT2D eigenvalue weighted by Gasteiger charge is 2.35. The van der Waals surface area contributed by atoms with Crippen LogP contribution in [-0.2, 0) is 10.0 Å². The molecule has 0 amide bonds. The Morgan fingerprint density at radius 1 is 1.15 bits per heavy atom. The van der Waals surface area contributed by atoms with Crippen molar-refractivity contribution in [2.45, 2.75) is 62.9 Å². The van der Waals surface area contributed by atoms with E-state index in [0.29, 0.717) is 4.90 Å². The van der Waals surface area contributed by atoms with Gasteiger partial charge in [-0.2, -0.15) is 4.31 Å². The zero-order valence-electron chi connectivity index (χ0n) is 16.8. The summed E-state index contributed by atoms with van der Waals surface area (Å²) < 4.78 is 34.4. The van der Waals surface area contributed by atoms with Crippen molar-refractivity contribution in [2.75, 3.05) is 38.2 Å². The van der Waals surface area contributed by atoms with E-state index in [4.69, 9.17) is 4.74 Å². The Morgan fingerprint density at radius 3 is 2.41 bits per heavy atom. The van der Waals surface area contributed by atoms with Crippen molar-refractivity contribution in [2.24, 2.45) is 0 Å². The number of hydrogen-bond donors (Lipinski definition) is 1. The van der Waals surface area contributed by atoms with E-state index >= 15 is 0 Å². The van der Waals surface area contributed by atoms with Crippen LogP contribution in [0.1, 0.15) is 46.0 Å². The molecule has 3 rings (SSSR count). The molecule has 2 aliphatic rings. The molecule has 27 heavy (non-hydrogen) atoms. The fraction of sp³-hybridized carbons (Fsp3) is 0.700. The van der Waals surface area contributed by atoms with E-state index in [1.54, 1.807) is 29.6 Å². The van der Waals surface area contributed by atoms with E-state index in [1.807, 2.05) is 13.8 Å².